The molecule has 0 bridgehead atoms. The standard InChI is InChI=1S/C29H28ClNO4/c30-21-8-6-20(7-9-21)28-26(25-13-10-23(32)18-27(25)35-29(28)33)17-19-4-11-24(12-5-19)34-16-14-22-3-1-2-15-31-22/h4-13,18,22,31-32H,1-3,14-17H2. The summed E-state index contributed by atoms with van der Waals surface area (Å²) < 4.78 is 11.6. The number of nitrogens with one attached hydrogen (secondary N) is 1. The summed E-state index contributed by atoms with van der Waals surface area (Å²) >= 11 is 6.07. The average molecular weight is 490 g/mol. The molecule has 2 N–H and O–H groups in total. The summed E-state index contributed by atoms with van der Waals surface area (Å²) in [7, 11) is 0. The third kappa shape index (κ3) is 5.53. The SMILES string of the molecule is O=c1oc2cc(O)ccc2c(Cc2ccc(OCCC3CCCCN3)cc2)c1-c1ccc(Cl)cc1. The number of rotatable bonds is 7. The summed E-state index contributed by atoms with van der Waals surface area (Å²) in [5, 5.41) is 14.8. The number of hydrogen-bond donors (Lipinski definition) is 2. The molecule has 1 saturated heterocycles. The smallest absolute Gasteiger partial charge is 0.344 e. The molecule has 5 rings (SSSR count). The van der Waals surface area contributed by atoms with E-state index in [-0.39, 0.29) is 5.75 Å². The molecule has 0 aliphatic carbocycles. The maximum atomic E-state index is 13.0. The molecule has 3 aromatic carbocycles. The van der Waals surface area contributed by atoms with Crippen molar-refractivity contribution in [2.24, 2.45) is 0 Å². The Morgan fingerprint density at radius 2 is 1.83 bits per heavy atom. The highest BCUT2D eigenvalue weighted by Crippen LogP contribution is 2.32. The van der Waals surface area contributed by atoms with Crippen LogP contribution in [-0.2, 0) is 6.42 Å². The van der Waals surface area contributed by atoms with E-state index in [9.17, 15) is 9.90 Å². The molecule has 1 aliphatic rings. The van der Waals surface area contributed by atoms with Gasteiger partial charge in [-0.15, -0.1) is 0 Å². The number of aromatic hydroxyl groups is 1. The summed E-state index contributed by atoms with van der Waals surface area (Å²) in [6.45, 7) is 1.79. The lowest BCUT2D eigenvalue weighted by Crippen LogP contribution is -2.35. The first-order chi connectivity index (χ1) is 17.1. The summed E-state index contributed by atoms with van der Waals surface area (Å²) in [6.07, 6.45) is 5.30. The van der Waals surface area contributed by atoms with Crippen LogP contribution < -0.4 is 15.7 Å². The Bertz CT molecular complexity index is 1360. The van der Waals surface area contributed by atoms with Crippen LogP contribution in [-0.4, -0.2) is 24.3 Å². The van der Waals surface area contributed by atoms with Crippen molar-refractivity contribution in [3.05, 3.63) is 93.3 Å². The number of benzene rings is 3. The zero-order chi connectivity index (χ0) is 24.2. The number of ether oxygens (including phenoxy) is 1. The van der Waals surface area contributed by atoms with E-state index in [0.29, 0.717) is 35.2 Å². The predicted molar refractivity (Wildman–Crippen MR) is 140 cm³/mol. The first-order valence-corrected chi connectivity index (χ1v) is 12.4. The minimum absolute atomic E-state index is 0.0516. The fourth-order valence-electron chi connectivity index (χ4n) is 4.74. The lowest BCUT2D eigenvalue weighted by molar-refractivity contribution is 0.268. The van der Waals surface area contributed by atoms with Crippen LogP contribution in [0.15, 0.2) is 75.9 Å². The maximum Gasteiger partial charge on any atom is 0.344 e. The molecule has 0 amide bonds. The highest BCUT2D eigenvalue weighted by Gasteiger charge is 2.18. The first-order valence-electron chi connectivity index (χ1n) is 12.1. The van der Waals surface area contributed by atoms with Gasteiger partial charge in [0.2, 0.25) is 0 Å². The molecule has 1 unspecified atom stereocenters. The highest BCUT2D eigenvalue weighted by atomic mass is 35.5. The number of phenolic OH excluding ortho intramolecular Hbond substituents is 1. The van der Waals surface area contributed by atoms with Gasteiger partial charge in [-0.05, 0) is 85.3 Å². The zero-order valence-electron chi connectivity index (χ0n) is 19.4. The lowest BCUT2D eigenvalue weighted by atomic mass is 9.93. The van der Waals surface area contributed by atoms with E-state index in [4.69, 9.17) is 20.8 Å². The molecule has 6 heteroatoms. The molecule has 1 aliphatic heterocycles. The summed E-state index contributed by atoms with van der Waals surface area (Å²) in [4.78, 5) is 13.0. The number of fused-ring (bicyclic) bond motifs is 1. The van der Waals surface area contributed by atoms with E-state index >= 15 is 0 Å². The molecule has 35 heavy (non-hydrogen) atoms. The molecule has 1 fully saturated rings. The molecule has 2 heterocycles. The molecule has 1 atom stereocenters. The van der Waals surface area contributed by atoms with Crippen molar-refractivity contribution in [3.8, 4) is 22.6 Å². The van der Waals surface area contributed by atoms with E-state index in [1.54, 1.807) is 24.3 Å². The second-order valence-corrected chi connectivity index (χ2v) is 9.47. The Kier molecular flexibility index (Phi) is 7.07. The van der Waals surface area contributed by atoms with Crippen LogP contribution in [0.3, 0.4) is 0 Å². The predicted octanol–water partition coefficient (Wildman–Crippen LogP) is 6.32. The Balaban J connectivity index is 1.41. The molecule has 0 saturated carbocycles. The molecular weight excluding hydrogens is 462 g/mol. The average Bonchev–Trinajstić information content (AvgIpc) is 2.86. The molecular formula is C29H28ClNO4. The van der Waals surface area contributed by atoms with Gasteiger partial charge < -0.3 is 19.6 Å². The van der Waals surface area contributed by atoms with Gasteiger partial charge in [-0.25, -0.2) is 4.79 Å². The fraction of sp³-hybridized carbons (Fsp3) is 0.276. The highest BCUT2D eigenvalue weighted by molar-refractivity contribution is 6.30. The number of phenols is 1. The minimum Gasteiger partial charge on any atom is -0.508 e. The monoisotopic (exact) mass is 489 g/mol. The molecule has 180 valence electrons. The quantitative estimate of drug-likeness (QED) is 0.297. The van der Waals surface area contributed by atoms with Gasteiger partial charge in [0.25, 0.3) is 0 Å². The number of halogens is 1. The topological polar surface area (TPSA) is 71.7 Å². The first kappa shape index (κ1) is 23.5. The maximum absolute atomic E-state index is 13.0. The largest absolute Gasteiger partial charge is 0.508 e. The summed E-state index contributed by atoms with van der Waals surface area (Å²) in [5.41, 5.74) is 3.04. The van der Waals surface area contributed by atoms with Gasteiger partial charge >= 0.3 is 5.63 Å². The van der Waals surface area contributed by atoms with E-state index in [2.05, 4.69) is 5.32 Å². The van der Waals surface area contributed by atoms with Crippen LogP contribution in [0.5, 0.6) is 11.5 Å². The van der Waals surface area contributed by atoms with Gasteiger partial charge in [-0.2, -0.15) is 0 Å². The zero-order valence-corrected chi connectivity index (χ0v) is 20.2. The van der Waals surface area contributed by atoms with Crippen LogP contribution in [0.1, 0.15) is 36.8 Å². The van der Waals surface area contributed by atoms with E-state index in [1.807, 2.05) is 36.4 Å². The third-order valence-corrected chi connectivity index (χ3v) is 6.84. The number of piperidine rings is 1. The molecule has 4 aromatic rings. The van der Waals surface area contributed by atoms with Gasteiger partial charge in [0.1, 0.15) is 17.1 Å². The number of hydrogen-bond acceptors (Lipinski definition) is 5. The second-order valence-electron chi connectivity index (χ2n) is 9.04. The Morgan fingerprint density at radius 3 is 2.57 bits per heavy atom. The van der Waals surface area contributed by atoms with E-state index in [1.165, 1.54) is 25.3 Å². The van der Waals surface area contributed by atoms with Crippen molar-refractivity contribution in [1.82, 2.24) is 5.32 Å². The summed E-state index contributed by atoms with van der Waals surface area (Å²) in [5.74, 6) is 0.889. The lowest BCUT2D eigenvalue weighted by Gasteiger charge is -2.23. The van der Waals surface area contributed by atoms with Gasteiger partial charge in [-0.3, -0.25) is 0 Å². The minimum atomic E-state index is -0.448. The van der Waals surface area contributed by atoms with Crippen molar-refractivity contribution < 1.29 is 14.3 Å². The summed E-state index contributed by atoms with van der Waals surface area (Å²) in [6, 6.07) is 20.6. The van der Waals surface area contributed by atoms with Gasteiger partial charge in [0, 0.05) is 22.5 Å². The van der Waals surface area contributed by atoms with Crippen molar-refractivity contribution in [1.29, 1.82) is 0 Å². The van der Waals surface area contributed by atoms with Crippen molar-refractivity contribution in [3.63, 3.8) is 0 Å². The van der Waals surface area contributed by atoms with E-state index < -0.39 is 5.63 Å². The van der Waals surface area contributed by atoms with Crippen LogP contribution in [0.4, 0.5) is 0 Å². The normalized spacial score (nSPS) is 15.9. The van der Waals surface area contributed by atoms with Gasteiger partial charge in [0.15, 0.2) is 0 Å². The van der Waals surface area contributed by atoms with Crippen LogP contribution in [0.2, 0.25) is 5.02 Å². The van der Waals surface area contributed by atoms with Crippen molar-refractivity contribution in [2.45, 2.75) is 38.1 Å². The van der Waals surface area contributed by atoms with Crippen LogP contribution in [0, 0.1) is 0 Å². The van der Waals surface area contributed by atoms with Crippen molar-refractivity contribution in [2.75, 3.05) is 13.2 Å². The molecule has 5 nitrogen and oxygen atoms in total. The molecule has 0 spiro atoms. The van der Waals surface area contributed by atoms with Gasteiger partial charge in [0.05, 0.1) is 12.2 Å². The fourth-order valence-corrected chi connectivity index (χ4v) is 4.87. The van der Waals surface area contributed by atoms with Crippen LogP contribution in [0.25, 0.3) is 22.1 Å². The third-order valence-electron chi connectivity index (χ3n) is 6.58. The van der Waals surface area contributed by atoms with Gasteiger partial charge in [-0.1, -0.05) is 42.3 Å². The Hall–Kier alpha value is -3.28. The molecule has 1 aromatic heterocycles. The Labute approximate surface area is 209 Å². The van der Waals surface area contributed by atoms with Crippen LogP contribution >= 0.6 is 11.6 Å². The van der Waals surface area contributed by atoms with Crippen molar-refractivity contribution >= 4 is 22.6 Å². The second kappa shape index (κ2) is 10.5. The van der Waals surface area contributed by atoms with E-state index in [0.717, 1.165) is 40.8 Å². The Morgan fingerprint density at radius 1 is 1.03 bits per heavy atom. The molecule has 0 radical (unpaired) electrons.